The first-order valence-corrected chi connectivity index (χ1v) is 15.3. The fourth-order valence-corrected chi connectivity index (χ4v) is 5.35. The molecule has 5 nitrogen and oxygen atoms in total. The molecule has 8 heteroatoms. The molecule has 0 spiro atoms. The van der Waals surface area contributed by atoms with Gasteiger partial charge in [0.15, 0.2) is 0 Å². The lowest BCUT2D eigenvalue weighted by molar-refractivity contribution is 0.537. The maximum atomic E-state index is 12.1. The Balaban J connectivity index is 2.05. The predicted octanol–water partition coefficient (Wildman–Crippen LogP) is 6.84. The first-order chi connectivity index (χ1) is 14.2. The van der Waals surface area contributed by atoms with Gasteiger partial charge in [0, 0.05) is 16.4 Å². The summed E-state index contributed by atoms with van der Waals surface area (Å²) in [5, 5.41) is 0. The van der Waals surface area contributed by atoms with Crippen molar-refractivity contribution < 1.29 is 16.8 Å². The number of hydrogen-bond donors (Lipinski definition) is 1. The number of benzene rings is 1. The third kappa shape index (κ3) is 13.5. The van der Waals surface area contributed by atoms with E-state index in [1.807, 2.05) is 0 Å². The normalized spacial score (nSPS) is 12.2. The molecule has 1 aromatic rings. The van der Waals surface area contributed by atoms with Crippen LogP contribution in [0.2, 0.25) is 0 Å². The van der Waals surface area contributed by atoms with E-state index in [1.165, 1.54) is 94.9 Å². The summed E-state index contributed by atoms with van der Waals surface area (Å²) >= 11 is 0. The average molecular weight is 480 g/mol. The first kappa shape index (κ1) is 27.2. The summed E-state index contributed by atoms with van der Waals surface area (Å²) < 4.78 is 49.2. The van der Waals surface area contributed by atoms with E-state index in [1.54, 1.807) is 0 Å². The van der Waals surface area contributed by atoms with Crippen LogP contribution in [0.15, 0.2) is 29.2 Å². The van der Waals surface area contributed by atoms with Gasteiger partial charge in [0.1, 0.15) is 0 Å². The van der Waals surface area contributed by atoms with Crippen LogP contribution in [0, 0.1) is 0 Å². The Hall–Kier alpha value is -0.790. The van der Waals surface area contributed by atoms with Gasteiger partial charge in [0.2, 0.25) is 10.0 Å². The predicted molar refractivity (Wildman–Crippen MR) is 127 cm³/mol. The highest BCUT2D eigenvalue weighted by Gasteiger charge is 2.12. The molecule has 1 N–H and O–H groups in total. The quantitative estimate of drug-likeness (QED) is 0.184. The van der Waals surface area contributed by atoms with Crippen molar-refractivity contribution in [2.75, 3.05) is 10.5 Å². The minimum absolute atomic E-state index is 0.0564. The Labute approximate surface area is 188 Å². The van der Waals surface area contributed by atoms with Gasteiger partial charge in [-0.05, 0) is 30.7 Å². The molecule has 0 saturated carbocycles. The van der Waals surface area contributed by atoms with Gasteiger partial charge in [0.05, 0.1) is 10.6 Å². The van der Waals surface area contributed by atoms with Crippen LogP contribution in [0.3, 0.4) is 0 Å². The van der Waals surface area contributed by atoms with Gasteiger partial charge in [-0.25, -0.2) is 16.8 Å². The summed E-state index contributed by atoms with van der Waals surface area (Å²) in [6.45, 7) is 2.25. The molecule has 1 rings (SSSR count). The maximum absolute atomic E-state index is 12.1. The van der Waals surface area contributed by atoms with Crippen LogP contribution in [0.4, 0.5) is 5.69 Å². The van der Waals surface area contributed by atoms with Crippen molar-refractivity contribution in [3.63, 3.8) is 0 Å². The summed E-state index contributed by atoms with van der Waals surface area (Å²) in [5.41, 5.74) is 0.337. The van der Waals surface area contributed by atoms with Gasteiger partial charge < -0.3 is 0 Å². The molecule has 0 atom stereocenters. The van der Waals surface area contributed by atoms with Crippen LogP contribution in [0.25, 0.3) is 0 Å². The summed E-state index contributed by atoms with van der Waals surface area (Å²) in [6, 6.07) is 5.37. The van der Waals surface area contributed by atoms with Gasteiger partial charge in [-0.1, -0.05) is 90.4 Å². The van der Waals surface area contributed by atoms with E-state index in [0.717, 1.165) is 12.8 Å². The van der Waals surface area contributed by atoms with Crippen molar-refractivity contribution in [1.82, 2.24) is 0 Å². The number of halogens is 1. The third-order valence-corrected chi connectivity index (χ3v) is 7.92. The Kier molecular flexibility index (Phi) is 13.7. The molecule has 0 saturated heterocycles. The highest BCUT2D eigenvalue weighted by molar-refractivity contribution is 8.13. The molecule has 0 fully saturated rings. The van der Waals surface area contributed by atoms with Gasteiger partial charge in [-0.15, -0.1) is 0 Å². The second kappa shape index (κ2) is 15.1. The Bertz CT molecular complexity index is 778. The molecule has 0 aliphatic rings. The van der Waals surface area contributed by atoms with E-state index < -0.39 is 19.1 Å². The summed E-state index contributed by atoms with van der Waals surface area (Å²) in [6.07, 6.45) is 17.1. The smallest absolute Gasteiger partial charge is 0.261 e. The number of unbranched alkanes of at least 4 members (excludes halogenated alkanes) is 13. The van der Waals surface area contributed by atoms with Crippen LogP contribution < -0.4 is 4.72 Å². The zero-order chi connectivity index (χ0) is 22.3. The zero-order valence-electron chi connectivity index (χ0n) is 18.2. The Morgan fingerprint density at radius 1 is 0.667 bits per heavy atom. The molecule has 0 aliphatic heterocycles. The number of nitrogens with one attached hydrogen (secondary N) is 1. The van der Waals surface area contributed by atoms with Crippen LogP contribution in [-0.2, 0) is 19.1 Å². The monoisotopic (exact) mass is 479 g/mol. The molecule has 0 amide bonds. The van der Waals surface area contributed by atoms with Crippen LogP contribution in [0.1, 0.15) is 96.8 Å². The third-order valence-electron chi connectivity index (χ3n) is 5.18. The molecular weight excluding hydrogens is 442 g/mol. The molecule has 0 unspecified atom stereocenters. The molecular formula is C22H38ClNO4S2. The second-order valence-electron chi connectivity index (χ2n) is 7.98. The van der Waals surface area contributed by atoms with E-state index in [9.17, 15) is 16.8 Å². The molecule has 0 heterocycles. The summed E-state index contributed by atoms with van der Waals surface area (Å²) in [7, 11) is -1.99. The van der Waals surface area contributed by atoms with Gasteiger partial charge in [-0.2, -0.15) is 0 Å². The topological polar surface area (TPSA) is 80.3 Å². The van der Waals surface area contributed by atoms with Crippen LogP contribution in [0.5, 0.6) is 0 Å². The van der Waals surface area contributed by atoms with Crippen LogP contribution in [-0.4, -0.2) is 22.6 Å². The molecule has 0 bridgehead atoms. The number of rotatable bonds is 18. The number of anilines is 1. The van der Waals surface area contributed by atoms with E-state index in [4.69, 9.17) is 10.7 Å². The number of sulfonamides is 1. The van der Waals surface area contributed by atoms with Crippen molar-refractivity contribution in [2.45, 2.75) is 102 Å². The molecule has 0 aromatic heterocycles. The Morgan fingerprint density at radius 2 is 1.07 bits per heavy atom. The lowest BCUT2D eigenvalue weighted by Gasteiger charge is -2.08. The lowest BCUT2D eigenvalue weighted by atomic mass is 10.0. The summed E-state index contributed by atoms with van der Waals surface area (Å²) in [4.78, 5) is -0.0564. The van der Waals surface area contributed by atoms with Crippen LogP contribution >= 0.6 is 10.7 Å². The first-order valence-electron chi connectivity index (χ1n) is 11.3. The lowest BCUT2D eigenvalue weighted by Crippen LogP contribution is -2.16. The average Bonchev–Trinajstić information content (AvgIpc) is 2.67. The largest absolute Gasteiger partial charge is 0.284 e. The molecule has 0 radical (unpaired) electrons. The second-order valence-corrected chi connectivity index (χ2v) is 12.4. The highest BCUT2D eigenvalue weighted by Crippen LogP contribution is 2.19. The van der Waals surface area contributed by atoms with Crippen molar-refractivity contribution in [3.8, 4) is 0 Å². The maximum Gasteiger partial charge on any atom is 0.261 e. The van der Waals surface area contributed by atoms with Crippen molar-refractivity contribution in [3.05, 3.63) is 24.3 Å². The fourth-order valence-electron chi connectivity index (χ4n) is 3.40. The van der Waals surface area contributed by atoms with E-state index in [2.05, 4.69) is 11.6 Å². The zero-order valence-corrected chi connectivity index (χ0v) is 20.6. The van der Waals surface area contributed by atoms with Gasteiger partial charge in [-0.3, -0.25) is 4.72 Å². The molecule has 0 aliphatic carbocycles. The van der Waals surface area contributed by atoms with Crippen molar-refractivity contribution >= 4 is 35.4 Å². The SMILES string of the molecule is CCCCCCCCCCCCCCCCS(=O)(=O)Nc1ccc(S(=O)(=O)Cl)cc1. The minimum atomic E-state index is -3.81. The van der Waals surface area contributed by atoms with Gasteiger partial charge in [0.25, 0.3) is 9.05 Å². The molecule has 174 valence electrons. The summed E-state index contributed by atoms with van der Waals surface area (Å²) in [5.74, 6) is 0.0700. The van der Waals surface area contributed by atoms with E-state index in [-0.39, 0.29) is 10.6 Å². The Morgan fingerprint density at radius 3 is 1.47 bits per heavy atom. The van der Waals surface area contributed by atoms with E-state index >= 15 is 0 Å². The van der Waals surface area contributed by atoms with E-state index in [0.29, 0.717) is 12.1 Å². The minimum Gasteiger partial charge on any atom is -0.284 e. The van der Waals surface area contributed by atoms with Crippen molar-refractivity contribution in [1.29, 1.82) is 0 Å². The van der Waals surface area contributed by atoms with Gasteiger partial charge >= 0.3 is 0 Å². The number of hydrogen-bond acceptors (Lipinski definition) is 4. The molecule has 30 heavy (non-hydrogen) atoms. The van der Waals surface area contributed by atoms with Crippen molar-refractivity contribution in [2.24, 2.45) is 0 Å². The molecule has 1 aromatic carbocycles. The fraction of sp³-hybridized carbons (Fsp3) is 0.727. The standard InChI is InChI=1S/C22H38ClNO4S2/c1-2-3-4-5-6-7-8-9-10-11-12-13-14-15-20-29(25,26)24-21-16-18-22(19-17-21)30(23,27)28/h16-19,24H,2-15,20H2,1H3. The highest BCUT2D eigenvalue weighted by atomic mass is 35.7.